The number of carbonyl (C=O) groups excluding carboxylic acids is 1. The lowest BCUT2D eigenvalue weighted by Gasteiger charge is -2.44. The fraction of sp³-hybridized carbons (Fsp3) is 0.364. The molecule has 1 saturated carbocycles. The number of fused-ring (bicyclic) bond motifs is 2. The Morgan fingerprint density at radius 2 is 2.17 bits per heavy atom. The van der Waals surface area contributed by atoms with Crippen LogP contribution in [0.25, 0.3) is 11.4 Å². The van der Waals surface area contributed by atoms with E-state index in [-0.39, 0.29) is 11.4 Å². The Bertz CT molecular complexity index is 1190. The molecule has 0 atom stereocenters. The quantitative estimate of drug-likeness (QED) is 0.678. The average Bonchev–Trinajstić information content (AvgIpc) is 3.17. The van der Waals surface area contributed by atoms with Crippen molar-refractivity contribution in [3.05, 3.63) is 53.9 Å². The van der Waals surface area contributed by atoms with Gasteiger partial charge in [0.25, 0.3) is 0 Å². The van der Waals surface area contributed by atoms with Gasteiger partial charge < -0.3 is 5.32 Å². The molecule has 5 rings (SSSR count). The molecule has 0 unspecified atom stereocenters. The molecule has 152 valence electrons. The van der Waals surface area contributed by atoms with Crippen LogP contribution >= 0.6 is 0 Å². The first kappa shape index (κ1) is 18.6. The average molecular weight is 401 g/mol. The first-order chi connectivity index (χ1) is 14.5. The normalized spacial score (nSPS) is 23.1. The van der Waals surface area contributed by atoms with Crippen LogP contribution in [0.15, 0.2) is 42.1 Å². The van der Waals surface area contributed by atoms with Gasteiger partial charge in [-0.15, -0.1) is 0 Å². The van der Waals surface area contributed by atoms with E-state index >= 15 is 0 Å². The van der Waals surface area contributed by atoms with E-state index in [1.807, 2.05) is 35.4 Å². The van der Waals surface area contributed by atoms with Crippen molar-refractivity contribution in [2.75, 3.05) is 0 Å². The molecule has 0 aromatic carbocycles. The Hall–Kier alpha value is -3.42. The minimum absolute atomic E-state index is 0.0113. The molecule has 0 aliphatic heterocycles. The summed E-state index contributed by atoms with van der Waals surface area (Å²) in [4.78, 5) is 33.6. The molecule has 3 heterocycles. The van der Waals surface area contributed by atoms with Gasteiger partial charge >= 0.3 is 0 Å². The first-order valence-corrected chi connectivity index (χ1v) is 10.2. The van der Waals surface area contributed by atoms with Crippen LogP contribution in [0.4, 0.5) is 5.95 Å². The number of aryl methyl sites for hydroxylation is 1. The number of nitrogens with zero attached hydrogens (tertiary/aromatic N) is 6. The van der Waals surface area contributed by atoms with Gasteiger partial charge in [-0.05, 0) is 44.1 Å². The van der Waals surface area contributed by atoms with Crippen molar-refractivity contribution < 1.29 is 4.79 Å². The van der Waals surface area contributed by atoms with E-state index in [0.717, 1.165) is 48.1 Å². The zero-order valence-corrected chi connectivity index (χ0v) is 17.0. The molecule has 1 fully saturated rings. The van der Waals surface area contributed by atoms with Gasteiger partial charge in [-0.25, -0.2) is 24.9 Å². The monoisotopic (exact) mass is 401 g/mol. The molecule has 1 amide bonds. The van der Waals surface area contributed by atoms with E-state index < -0.39 is 0 Å². The van der Waals surface area contributed by atoms with Crippen molar-refractivity contribution in [3.8, 4) is 0 Å². The molecule has 30 heavy (non-hydrogen) atoms. The van der Waals surface area contributed by atoms with Crippen molar-refractivity contribution in [2.24, 2.45) is 10.9 Å². The maximum Gasteiger partial charge on any atom is 0.249 e. The summed E-state index contributed by atoms with van der Waals surface area (Å²) in [5, 5.41) is 3.01. The summed E-state index contributed by atoms with van der Waals surface area (Å²) in [5.74, 6) is 1.52. The summed E-state index contributed by atoms with van der Waals surface area (Å²) in [6.45, 7) is 3.62. The van der Waals surface area contributed by atoms with Crippen molar-refractivity contribution in [1.82, 2.24) is 29.7 Å². The molecule has 2 aliphatic carbocycles. The number of hydrogen-bond donors (Lipinski definition) is 1. The largest absolute Gasteiger partial charge is 0.351 e. The van der Waals surface area contributed by atoms with Crippen LogP contribution in [0.5, 0.6) is 0 Å². The minimum Gasteiger partial charge on any atom is -0.351 e. The number of allylic oxidation sites excluding steroid dienone is 1. The number of carbonyl (C=O) groups is 1. The van der Waals surface area contributed by atoms with E-state index in [4.69, 9.17) is 4.98 Å². The molecule has 3 aromatic heterocycles. The van der Waals surface area contributed by atoms with Gasteiger partial charge in [-0.2, -0.15) is 0 Å². The van der Waals surface area contributed by atoms with Crippen LogP contribution in [0.1, 0.15) is 49.9 Å². The second-order valence-corrected chi connectivity index (χ2v) is 8.35. The van der Waals surface area contributed by atoms with E-state index in [2.05, 4.69) is 38.3 Å². The SMILES string of the molecule is CC(=O)NC1(C)CC(/C=N/c2ncc3c(n2)CCC=C3c2cnc3nccn3c2)C1. The van der Waals surface area contributed by atoms with Crippen LogP contribution in [0.2, 0.25) is 0 Å². The third kappa shape index (κ3) is 3.49. The van der Waals surface area contributed by atoms with Crippen LogP contribution in [-0.2, 0) is 11.2 Å². The number of nitrogens with one attached hydrogen (secondary N) is 1. The summed E-state index contributed by atoms with van der Waals surface area (Å²) < 4.78 is 1.91. The minimum atomic E-state index is -0.122. The molecular weight excluding hydrogens is 378 g/mol. The molecule has 8 nitrogen and oxygen atoms in total. The number of imidazole rings is 1. The topological polar surface area (TPSA) is 97.4 Å². The Kier molecular flexibility index (Phi) is 4.42. The van der Waals surface area contributed by atoms with Gasteiger partial charge in [-0.1, -0.05) is 6.08 Å². The summed E-state index contributed by atoms with van der Waals surface area (Å²) in [5.41, 5.74) is 4.04. The maximum absolute atomic E-state index is 11.3. The van der Waals surface area contributed by atoms with Crippen LogP contribution in [0.3, 0.4) is 0 Å². The number of amides is 1. The maximum atomic E-state index is 11.3. The van der Waals surface area contributed by atoms with Crippen LogP contribution < -0.4 is 5.32 Å². The van der Waals surface area contributed by atoms with Crippen molar-refractivity contribution >= 4 is 29.4 Å². The van der Waals surface area contributed by atoms with Gasteiger partial charge in [0, 0.05) is 60.8 Å². The Morgan fingerprint density at radius 3 is 3.00 bits per heavy atom. The molecule has 8 heteroatoms. The zero-order valence-electron chi connectivity index (χ0n) is 17.0. The molecular formula is C22H23N7O. The van der Waals surface area contributed by atoms with E-state index in [1.54, 1.807) is 13.1 Å². The predicted molar refractivity (Wildman–Crippen MR) is 114 cm³/mol. The second kappa shape index (κ2) is 7.12. The smallest absolute Gasteiger partial charge is 0.249 e. The molecule has 2 aliphatic rings. The van der Waals surface area contributed by atoms with Gasteiger partial charge in [0.1, 0.15) is 0 Å². The van der Waals surface area contributed by atoms with Gasteiger partial charge in [0.05, 0.1) is 5.69 Å². The third-order valence-electron chi connectivity index (χ3n) is 5.74. The Balaban J connectivity index is 1.33. The third-order valence-corrected chi connectivity index (χ3v) is 5.74. The fourth-order valence-electron chi connectivity index (χ4n) is 4.48. The molecule has 0 radical (unpaired) electrons. The molecule has 0 spiro atoms. The molecule has 3 aromatic rings. The summed E-state index contributed by atoms with van der Waals surface area (Å²) in [7, 11) is 0. The summed E-state index contributed by atoms with van der Waals surface area (Å²) in [6.07, 6.45) is 17.1. The number of hydrogen-bond acceptors (Lipinski definition) is 6. The van der Waals surface area contributed by atoms with Crippen molar-refractivity contribution in [1.29, 1.82) is 0 Å². The molecule has 0 saturated heterocycles. The van der Waals surface area contributed by atoms with E-state index in [9.17, 15) is 4.79 Å². The Morgan fingerprint density at radius 1 is 1.30 bits per heavy atom. The molecule has 1 N–H and O–H groups in total. The van der Waals surface area contributed by atoms with Crippen molar-refractivity contribution in [2.45, 2.75) is 45.1 Å². The highest BCUT2D eigenvalue weighted by Crippen LogP contribution is 2.36. The van der Waals surface area contributed by atoms with E-state index in [1.165, 1.54) is 0 Å². The summed E-state index contributed by atoms with van der Waals surface area (Å²) >= 11 is 0. The Labute approximate surface area is 174 Å². The predicted octanol–water partition coefficient (Wildman–Crippen LogP) is 2.90. The lowest BCUT2D eigenvalue weighted by Crippen LogP contribution is -2.54. The summed E-state index contributed by atoms with van der Waals surface area (Å²) in [6, 6.07) is 0. The van der Waals surface area contributed by atoms with Gasteiger partial charge in [-0.3, -0.25) is 9.20 Å². The van der Waals surface area contributed by atoms with Gasteiger partial charge in [0.2, 0.25) is 17.6 Å². The number of aliphatic imine (C=N–C) groups is 1. The lowest BCUT2D eigenvalue weighted by atomic mass is 9.70. The van der Waals surface area contributed by atoms with E-state index in [0.29, 0.717) is 17.6 Å². The standard InChI is InChI=1S/C22H23N7O/c1-14(30)28-22(2)8-15(9-22)10-24-20-25-12-18-17(4-3-5-19(18)27-20)16-11-26-21-23-6-7-29(21)13-16/h4,6-7,10-13,15H,3,5,8-9H2,1-2H3,(H,28,30)/b24-10+. The highest BCUT2D eigenvalue weighted by molar-refractivity contribution is 5.81. The highest BCUT2D eigenvalue weighted by atomic mass is 16.1. The molecule has 0 bridgehead atoms. The van der Waals surface area contributed by atoms with Gasteiger partial charge in [0.15, 0.2) is 0 Å². The number of aromatic nitrogens is 5. The van der Waals surface area contributed by atoms with Crippen molar-refractivity contribution in [3.63, 3.8) is 0 Å². The second-order valence-electron chi connectivity index (χ2n) is 8.35. The first-order valence-electron chi connectivity index (χ1n) is 10.2. The van der Waals surface area contributed by atoms with Crippen LogP contribution in [0, 0.1) is 5.92 Å². The lowest BCUT2D eigenvalue weighted by molar-refractivity contribution is -0.121. The zero-order chi connectivity index (χ0) is 20.7. The fourth-order valence-corrected chi connectivity index (χ4v) is 4.48. The number of rotatable bonds is 4. The van der Waals surface area contributed by atoms with Crippen LogP contribution in [-0.4, -0.2) is 42.0 Å². The highest BCUT2D eigenvalue weighted by Gasteiger charge is 2.39.